The quantitative estimate of drug-likeness (QED) is 0.847. The second-order valence-electron chi connectivity index (χ2n) is 5.92. The maximum Gasteiger partial charge on any atom is 0.288 e. The molecule has 3 N–H and O–H groups in total. The summed E-state index contributed by atoms with van der Waals surface area (Å²) in [6.45, 7) is 2.83. The molecule has 122 valence electrons. The first kappa shape index (κ1) is 15.6. The highest BCUT2D eigenvalue weighted by atomic mass is 16.3. The van der Waals surface area contributed by atoms with E-state index in [-0.39, 0.29) is 18.5 Å². The number of carbonyl (C=O) groups is 1. The summed E-state index contributed by atoms with van der Waals surface area (Å²) in [5.41, 5.74) is 7.35. The maximum atomic E-state index is 11.1. The molecule has 3 rings (SSSR count). The topological polar surface area (TPSA) is 97.3 Å². The Bertz CT molecular complexity index is 667. The Morgan fingerprint density at radius 1 is 1.30 bits per heavy atom. The number of aliphatic hydroxyl groups is 1. The molecular formula is C16H21N5O2. The van der Waals surface area contributed by atoms with Crippen molar-refractivity contribution in [1.29, 1.82) is 0 Å². The fourth-order valence-corrected chi connectivity index (χ4v) is 2.96. The van der Waals surface area contributed by atoms with E-state index in [4.69, 9.17) is 10.8 Å². The van der Waals surface area contributed by atoms with E-state index >= 15 is 0 Å². The van der Waals surface area contributed by atoms with E-state index < -0.39 is 5.91 Å². The van der Waals surface area contributed by atoms with Gasteiger partial charge in [-0.25, -0.2) is 9.67 Å². The molecule has 1 fully saturated rings. The van der Waals surface area contributed by atoms with Crippen molar-refractivity contribution in [3.8, 4) is 0 Å². The van der Waals surface area contributed by atoms with Gasteiger partial charge in [-0.1, -0.05) is 24.3 Å². The van der Waals surface area contributed by atoms with Gasteiger partial charge in [0.15, 0.2) is 0 Å². The number of aromatic nitrogens is 3. The molecular weight excluding hydrogens is 294 g/mol. The van der Waals surface area contributed by atoms with Crippen LogP contribution in [0.2, 0.25) is 0 Å². The average Bonchev–Trinajstić information content (AvgIpc) is 3.06. The zero-order valence-electron chi connectivity index (χ0n) is 12.9. The van der Waals surface area contributed by atoms with Gasteiger partial charge in [0.05, 0.1) is 12.6 Å². The molecule has 1 unspecified atom stereocenters. The van der Waals surface area contributed by atoms with Crippen LogP contribution in [-0.4, -0.2) is 43.8 Å². The van der Waals surface area contributed by atoms with E-state index in [0.29, 0.717) is 0 Å². The van der Waals surface area contributed by atoms with Crippen molar-refractivity contribution in [2.45, 2.75) is 32.0 Å². The number of hydrogen-bond acceptors (Lipinski definition) is 5. The molecule has 0 bridgehead atoms. The van der Waals surface area contributed by atoms with Crippen LogP contribution in [0.4, 0.5) is 0 Å². The number of amides is 1. The number of nitrogens with two attached hydrogens (primary N) is 1. The predicted octanol–water partition coefficient (Wildman–Crippen LogP) is 0.706. The van der Waals surface area contributed by atoms with Crippen LogP contribution in [-0.2, 0) is 13.2 Å². The number of nitrogens with zero attached hydrogens (tertiary/aromatic N) is 4. The minimum atomic E-state index is -0.597. The first-order chi connectivity index (χ1) is 11.2. The summed E-state index contributed by atoms with van der Waals surface area (Å²) < 4.78 is 1.75. The number of likely N-dealkylation sites (tertiary alicyclic amines) is 1. The molecule has 0 saturated carbocycles. The van der Waals surface area contributed by atoms with Gasteiger partial charge in [-0.15, -0.1) is 5.10 Å². The van der Waals surface area contributed by atoms with E-state index in [0.717, 1.165) is 38.0 Å². The number of piperidine rings is 1. The summed E-state index contributed by atoms with van der Waals surface area (Å²) in [5.74, 6) is -0.526. The molecule has 7 nitrogen and oxygen atoms in total. The molecule has 1 amide bonds. The van der Waals surface area contributed by atoms with Gasteiger partial charge in [0.2, 0.25) is 5.82 Å². The number of hydrogen-bond donors (Lipinski definition) is 2. The molecule has 0 radical (unpaired) electrons. The van der Waals surface area contributed by atoms with Gasteiger partial charge in [-0.05, 0) is 30.5 Å². The van der Waals surface area contributed by atoms with Crippen molar-refractivity contribution < 1.29 is 9.90 Å². The molecule has 7 heteroatoms. The summed E-state index contributed by atoms with van der Waals surface area (Å²) in [6, 6.07) is 8.22. The van der Waals surface area contributed by atoms with E-state index in [9.17, 15) is 4.79 Å². The van der Waals surface area contributed by atoms with Crippen LogP contribution in [0.5, 0.6) is 0 Å². The first-order valence-corrected chi connectivity index (χ1v) is 7.77. The lowest BCUT2D eigenvalue weighted by molar-refractivity contribution is 0.0989. The normalized spacial score (nSPS) is 18.9. The smallest absolute Gasteiger partial charge is 0.288 e. The minimum Gasteiger partial charge on any atom is -0.392 e. The second-order valence-corrected chi connectivity index (χ2v) is 5.92. The Morgan fingerprint density at radius 3 is 2.70 bits per heavy atom. The molecule has 0 aliphatic carbocycles. The summed E-state index contributed by atoms with van der Waals surface area (Å²) in [4.78, 5) is 17.4. The molecule has 2 aromatic rings. The van der Waals surface area contributed by atoms with Gasteiger partial charge in [0, 0.05) is 13.1 Å². The van der Waals surface area contributed by atoms with Crippen LogP contribution < -0.4 is 5.73 Å². The molecule has 1 aromatic heterocycles. The van der Waals surface area contributed by atoms with Gasteiger partial charge in [0.25, 0.3) is 5.91 Å². The highest BCUT2D eigenvalue weighted by molar-refractivity contribution is 5.88. The van der Waals surface area contributed by atoms with Gasteiger partial charge >= 0.3 is 0 Å². The van der Waals surface area contributed by atoms with E-state index in [1.54, 1.807) is 11.0 Å². The van der Waals surface area contributed by atoms with Gasteiger partial charge < -0.3 is 10.8 Å². The summed E-state index contributed by atoms with van der Waals surface area (Å²) in [6.07, 6.45) is 3.68. The Morgan fingerprint density at radius 2 is 2.04 bits per heavy atom. The standard InChI is InChI=1S/C16H21N5O2/c17-15(23)16-18-11-21(19-16)14-2-1-7-20(9-14)8-12-3-5-13(10-22)6-4-12/h3-6,11,14,22H,1-2,7-10H2,(H2,17,23). The molecule has 1 saturated heterocycles. The lowest BCUT2D eigenvalue weighted by Crippen LogP contribution is -2.36. The monoisotopic (exact) mass is 315 g/mol. The van der Waals surface area contributed by atoms with Crippen LogP contribution in [0.25, 0.3) is 0 Å². The number of benzene rings is 1. The molecule has 1 aliphatic heterocycles. The Balaban J connectivity index is 1.63. The van der Waals surface area contributed by atoms with Crippen LogP contribution in [0.15, 0.2) is 30.6 Å². The summed E-state index contributed by atoms with van der Waals surface area (Å²) in [7, 11) is 0. The number of rotatable bonds is 5. The number of primary amides is 1. The number of aliphatic hydroxyl groups excluding tert-OH is 1. The number of carbonyl (C=O) groups excluding carboxylic acids is 1. The third-order valence-electron chi connectivity index (χ3n) is 4.20. The summed E-state index contributed by atoms with van der Waals surface area (Å²) >= 11 is 0. The second kappa shape index (κ2) is 6.89. The van der Waals surface area contributed by atoms with Crippen molar-refractivity contribution in [3.05, 3.63) is 47.5 Å². The van der Waals surface area contributed by atoms with Gasteiger partial charge in [0.1, 0.15) is 6.33 Å². The zero-order chi connectivity index (χ0) is 16.2. The Hall–Kier alpha value is -2.25. The minimum absolute atomic E-state index is 0.0700. The molecule has 23 heavy (non-hydrogen) atoms. The highest BCUT2D eigenvalue weighted by Gasteiger charge is 2.23. The van der Waals surface area contributed by atoms with Crippen LogP contribution in [0.1, 0.15) is 40.6 Å². The van der Waals surface area contributed by atoms with Crippen molar-refractivity contribution in [3.63, 3.8) is 0 Å². The molecule has 0 spiro atoms. The van der Waals surface area contributed by atoms with Crippen molar-refractivity contribution in [1.82, 2.24) is 19.7 Å². The zero-order valence-corrected chi connectivity index (χ0v) is 12.9. The van der Waals surface area contributed by atoms with E-state index in [1.807, 2.05) is 12.1 Å². The van der Waals surface area contributed by atoms with Crippen molar-refractivity contribution >= 4 is 5.91 Å². The highest BCUT2D eigenvalue weighted by Crippen LogP contribution is 2.22. The Labute approximate surface area is 134 Å². The van der Waals surface area contributed by atoms with Crippen molar-refractivity contribution in [2.75, 3.05) is 13.1 Å². The van der Waals surface area contributed by atoms with E-state index in [2.05, 4.69) is 27.1 Å². The average molecular weight is 315 g/mol. The largest absolute Gasteiger partial charge is 0.392 e. The van der Waals surface area contributed by atoms with Crippen LogP contribution >= 0.6 is 0 Å². The fourth-order valence-electron chi connectivity index (χ4n) is 2.96. The molecule has 1 aromatic carbocycles. The lowest BCUT2D eigenvalue weighted by Gasteiger charge is -2.32. The summed E-state index contributed by atoms with van der Waals surface area (Å²) in [5, 5.41) is 13.3. The third-order valence-corrected chi connectivity index (χ3v) is 4.20. The maximum absolute atomic E-state index is 11.1. The van der Waals surface area contributed by atoms with Crippen LogP contribution in [0.3, 0.4) is 0 Å². The Kier molecular flexibility index (Phi) is 4.68. The van der Waals surface area contributed by atoms with E-state index in [1.165, 1.54) is 5.56 Å². The van der Waals surface area contributed by atoms with Crippen molar-refractivity contribution in [2.24, 2.45) is 5.73 Å². The van der Waals surface area contributed by atoms with Gasteiger partial charge in [-0.3, -0.25) is 9.69 Å². The fraction of sp³-hybridized carbons (Fsp3) is 0.438. The third kappa shape index (κ3) is 3.75. The lowest BCUT2D eigenvalue weighted by atomic mass is 10.0. The predicted molar refractivity (Wildman–Crippen MR) is 84.5 cm³/mol. The molecule has 2 heterocycles. The molecule has 1 atom stereocenters. The van der Waals surface area contributed by atoms with Gasteiger partial charge in [-0.2, -0.15) is 0 Å². The SMILES string of the molecule is NC(=O)c1ncn(C2CCCN(Cc3ccc(CO)cc3)C2)n1. The van der Waals surface area contributed by atoms with Crippen LogP contribution in [0, 0.1) is 0 Å². The first-order valence-electron chi connectivity index (χ1n) is 7.77. The molecule has 1 aliphatic rings.